The van der Waals surface area contributed by atoms with Crippen molar-refractivity contribution in [3.05, 3.63) is 41.2 Å². The number of carbonyl (C=O) groups is 2. The molecule has 126 valence electrons. The van der Waals surface area contributed by atoms with Gasteiger partial charge in [-0.1, -0.05) is 28.9 Å². The van der Waals surface area contributed by atoms with Gasteiger partial charge in [0, 0.05) is 12.6 Å². The monoisotopic (exact) mass is 348 g/mol. The summed E-state index contributed by atoms with van der Waals surface area (Å²) in [6.07, 6.45) is 2.74. The minimum Gasteiger partial charge on any atom is -0.481 e. The molecule has 2 atom stereocenters. The fourth-order valence-corrected chi connectivity index (χ4v) is 3.08. The molecule has 1 amide bonds. The van der Waals surface area contributed by atoms with Gasteiger partial charge in [0.05, 0.1) is 22.8 Å². The summed E-state index contributed by atoms with van der Waals surface area (Å²) in [5.74, 6) is -1.73. The van der Waals surface area contributed by atoms with E-state index in [2.05, 4.69) is 10.3 Å². The van der Waals surface area contributed by atoms with E-state index in [1.165, 1.54) is 10.9 Å². The van der Waals surface area contributed by atoms with Crippen LogP contribution in [0.25, 0.3) is 5.69 Å². The van der Waals surface area contributed by atoms with Gasteiger partial charge in [0.25, 0.3) is 5.91 Å². The number of hydrogen-bond donors (Lipinski definition) is 1. The quantitative estimate of drug-likeness (QED) is 0.919. The molecule has 0 bridgehead atoms. The Morgan fingerprint density at radius 3 is 2.75 bits per heavy atom. The van der Waals surface area contributed by atoms with Gasteiger partial charge in [-0.15, -0.1) is 5.10 Å². The number of para-hydroxylation sites is 1. The van der Waals surface area contributed by atoms with Crippen molar-refractivity contribution in [1.82, 2.24) is 19.9 Å². The van der Waals surface area contributed by atoms with Gasteiger partial charge in [-0.2, -0.15) is 0 Å². The summed E-state index contributed by atoms with van der Waals surface area (Å²) in [6.45, 7) is 2.10. The molecule has 2 unspecified atom stereocenters. The van der Waals surface area contributed by atoms with Crippen molar-refractivity contribution in [2.24, 2.45) is 5.92 Å². The summed E-state index contributed by atoms with van der Waals surface area (Å²) in [4.78, 5) is 25.5. The first-order chi connectivity index (χ1) is 11.5. The number of piperidine rings is 1. The van der Waals surface area contributed by atoms with Crippen LogP contribution in [0.1, 0.15) is 30.3 Å². The lowest BCUT2D eigenvalue weighted by Crippen LogP contribution is -2.47. The van der Waals surface area contributed by atoms with E-state index in [0.717, 1.165) is 0 Å². The van der Waals surface area contributed by atoms with Crippen LogP contribution in [0.15, 0.2) is 30.5 Å². The van der Waals surface area contributed by atoms with E-state index in [-0.39, 0.29) is 24.2 Å². The van der Waals surface area contributed by atoms with Gasteiger partial charge in [-0.25, -0.2) is 4.68 Å². The first-order valence-electron chi connectivity index (χ1n) is 7.68. The van der Waals surface area contributed by atoms with Crippen molar-refractivity contribution in [3.63, 3.8) is 0 Å². The number of hydrogen-bond acceptors (Lipinski definition) is 4. The molecule has 2 aromatic rings. The SMILES string of the molecule is CC1CCC(C(=O)O)CN1C(=O)c1cn(-c2ccccc2Cl)nn1. The van der Waals surface area contributed by atoms with Crippen LogP contribution in [-0.2, 0) is 4.79 Å². The molecule has 1 aromatic carbocycles. The summed E-state index contributed by atoms with van der Waals surface area (Å²) in [5.41, 5.74) is 0.800. The number of amides is 1. The van der Waals surface area contributed by atoms with Gasteiger partial charge in [-0.05, 0) is 31.9 Å². The number of aromatic nitrogens is 3. The summed E-state index contributed by atoms with van der Waals surface area (Å²) >= 11 is 6.12. The minimum absolute atomic E-state index is 0.0291. The Labute approximate surface area is 143 Å². The lowest BCUT2D eigenvalue weighted by Gasteiger charge is -2.35. The Morgan fingerprint density at radius 2 is 2.04 bits per heavy atom. The van der Waals surface area contributed by atoms with Crippen LogP contribution in [-0.4, -0.2) is 49.5 Å². The molecule has 1 aromatic heterocycles. The van der Waals surface area contributed by atoms with Crippen molar-refractivity contribution in [2.45, 2.75) is 25.8 Å². The minimum atomic E-state index is -0.876. The van der Waals surface area contributed by atoms with E-state index in [1.54, 1.807) is 23.1 Å². The Bertz CT molecular complexity index is 776. The summed E-state index contributed by atoms with van der Waals surface area (Å²) in [7, 11) is 0. The lowest BCUT2D eigenvalue weighted by molar-refractivity contribution is -0.143. The van der Waals surface area contributed by atoms with Crippen LogP contribution in [0.4, 0.5) is 0 Å². The average Bonchev–Trinajstić information content (AvgIpc) is 3.04. The van der Waals surface area contributed by atoms with E-state index in [4.69, 9.17) is 11.6 Å². The molecule has 0 radical (unpaired) electrons. The molecule has 1 fully saturated rings. The fourth-order valence-electron chi connectivity index (χ4n) is 2.86. The summed E-state index contributed by atoms with van der Waals surface area (Å²) in [5, 5.41) is 17.6. The predicted octanol–water partition coefficient (Wildman–Crippen LogP) is 2.25. The first-order valence-corrected chi connectivity index (χ1v) is 8.06. The number of nitrogens with zero attached hydrogens (tertiary/aromatic N) is 4. The maximum absolute atomic E-state index is 12.7. The molecule has 0 saturated carbocycles. The van der Waals surface area contributed by atoms with Crippen LogP contribution in [0.3, 0.4) is 0 Å². The Balaban J connectivity index is 1.83. The zero-order valence-corrected chi connectivity index (χ0v) is 13.8. The van der Waals surface area contributed by atoms with Crippen LogP contribution in [0.2, 0.25) is 5.02 Å². The second kappa shape index (κ2) is 6.60. The fraction of sp³-hybridized carbons (Fsp3) is 0.375. The molecular formula is C16H17ClN4O3. The number of carboxylic acid groups (broad SMARTS) is 1. The number of likely N-dealkylation sites (tertiary alicyclic amines) is 1. The average molecular weight is 349 g/mol. The second-order valence-electron chi connectivity index (χ2n) is 5.92. The zero-order valence-electron chi connectivity index (χ0n) is 13.1. The van der Waals surface area contributed by atoms with Crippen LogP contribution in [0.5, 0.6) is 0 Å². The number of carboxylic acids is 1. The molecule has 7 nitrogen and oxygen atoms in total. The highest BCUT2D eigenvalue weighted by Gasteiger charge is 2.34. The number of carbonyl (C=O) groups excluding carboxylic acids is 1. The molecular weight excluding hydrogens is 332 g/mol. The summed E-state index contributed by atoms with van der Waals surface area (Å²) in [6, 6.07) is 7.09. The maximum Gasteiger partial charge on any atom is 0.308 e. The van der Waals surface area contributed by atoms with E-state index in [9.17, 15) is 14.7 Å². The number of rotatable bonds is 3. The normalized spacial score (nSPS) is 20.8. The van der Waals surface area contributed by atoms with Gasteiger partial charge in [0.15, 0.2) is 5.69 Å². The Kier molecular flexibility index (Phi) is 4.53. The van der Waals surface area contributed by atoms with Crippen molar-refractivity contribution < 1.29 is 14.7 Å². The van der Waals surface area contributed by atoms with Crippen LogP contribution in [0, 0.1) is 5.92 Å². The number of benzene rings is 1. The van der Waals surface area contributed by atoms with E-state index >= 15 is 0 Å². The predicted molar refractivity (Wildman–Crippen MR) is 87.2 cm³/mol. The molecule has 8 heteroatoms. The second-order valence-corrected chi connectivity index (χ2v) is 6.33. The third-order valence-corrected chi connectivity index (χ3v) is 4.62. The van der Waals surface area contributed by atoms with E-state index < -0.39 is 11.9 Å². The third kappa shape index (κ3) is 3.12. The van der Waals surface area contributed by atoms with Gasteiger partial charge >= 0.3 is 5.97 Å². The third-order valence-electron chi connectivity index (χ3n) is 4.30. The Morgan fingerprint density at radius 1 is 1.29 bits per heavy atom. The standard InChI is InChI=1S/C16H17ClN4O3/c1-10-6-7-11(16(23)24)8-20(10)15(22)13-9-21(19-18-13)14-5-3-2-4-12(14)17/h2-5,9-11H,6-8H2,1H3,(H,23,24). The van der Waals surface area contributed by atoms with Crippen molar-refractivity contribution in [3.8, 4) is 5.69 Å². The molecule has 1 saturated heterocycles. The largest absolute Gasteiger partial charge is 0.481 e. The highest BCUT2D eigenvalue weighted by Crippen LogP contribution is 2.24. The molecule has 1 aliphatic rings. The van der Waals surface area contributed by atoms with Crippen molar-refractivity contribution in [1.29, 1.82) is 0 Å². The molecule has 1 N–H and O–H groups in total. The topological polar surface area (TPSA) is 88.3 Å². The highest BCUT2D eigenvalue weighted by molar-refractivity contribution is 6.32. The molecule has 3 rings (SSSR count). The van der Waals surface area contributed by atoms with Crippen molar-refractivity contribution in [2.75, 3.05) is 6.54 Å². The zero-order chi connectivity index (χ0) is 17.3. The van der Waals surface area contributed by atoms with E-state index in [1.807, 2.05) is 13.0 Å². The molecule has 2 heterocycles. The van der Waals surface area contributed by atoms with Gasteiger partial charge in [0.2, 0.25) is 0 Å². The number of halogens is 1. The van der Waals surface area contributed by atoms with Gasteiger partial charge in [-0.3, -0.25) is 9.59 Å². The molecule has 0 spiro atoms. The maximum atomic E-state index is 12.7. The summed E-state index contributed by atoms with van der Waals surface area (Å²) < 4.78 is 1.44. The van der Waals surface area contributed by atoms with Gasteiger partial charge < -0.3 is 10.0 Å². The molecule has 24 heavy (non-hydrogen) atoms. The van der Waals surface area contributed by atoms with Crippen molar-refractivity contribution >= 4 is 23.5 Å². The van der Waals surface area contributed by atoms with Crippen LogP contribution < -0.4 is 0 Å². The lowest BCUT2D eigenvalue weighted by atomic mass is 9.93. The first kappa shape index (κ1) is 16.4. The highest BCUT2D eigenvalue weighted by atomic mass is 35.5. The number of aliphatic carboxylic acids is 1. The van der Waals surface area contributed by atoms with Gasteiger partial charge in [0.1, 0.15) is 0 Å². The van der Waals surface area contributed by atoms with Crippen LogP contribution >= 0.6 is 11.6 Å². The molecule has 1 aliphatic heterocycles. The van der Waals surface area contributed by atoms with E-state index in [0.29, 0.717) is 23.6 Å². The molecule has 0 aliphatic carbocycles. The Hall–Kier alpha value is -2.41. The smallest absolute Gasteiger partial charge is 0.308 e.